The van der Waals surface area contributed by atoms with Crippen LogP contribution in [0.5, 0.6) is 5.75 Å². The van der Waals surface area contributed by atoms with Gasteiger partial charge in [-0.05, 0) is 42.0 Å². The second-order valence-corrected chi connectivity index (χ2v) is 5.57. The van der Waals surface area contributed by atoms with Crippen molar-refractivity contribution in [3.05, 3.63) is 64.1 Å². The molecule has 1 N–H and O–H groups in total. The quantitative estimate of drug-likeness (QED) is 0.467. The van der Waals surface area contributed by atoms with Crippen LogP contribution < -0.4 is 10.2 Å². The Bertz CT molecular complexity index is 727. The van der Waals surface area contributed by atoms with E-state index in [0.717, 1.165) is 10.0 Å². The van der Waals surface area contributed by atoms with E-state index < -0.39 is 5.97 Å². The molecule has 0 bridgehead atoms. The number of hydrogen-bond donors (Lipinski definition) is 1. The minimum atomic E-state index is -0.406. The molecule has 2 aromatic carbocycles. The molecule has 7 heteroatoms. The smallest absolute Gasteiger partial charge is 0.337 e. The topological polar surface area (TPSA) is 77.0 Å². The maximum atomic E-state index is 11.6. The first kappa shape index (κ1) is 17.7. The molecule has 0 atom stereocenters. The number of carbonyl (C=O) groups excluding carboxylic acids is 2. The molecule has 1 amide bonds. The summed E-state index contributed by atoms with van der Waals surface area (Å²) in [6, 6.07) is 13.8. The van der Waals surface area contributed by atoms with E-state index in [-0.39, 0.29) is 12.5 Å². The molecule has 0 radical (unpaired) electrons. The summed E-state index contributed by atoms with van der Waals surface area (Å²) in [7, 11) is 1.32. The maximum absolute atomic E-state index is 11.6. The fourth-order valence-electron chi connectivity index (χ4n) is 1.71. The molecule has 0 saturated heterocycles. The number of hydrogen-bond acceptors (Lipinski definition) is 5. The fraction of sp³-hybridized carbons (Fsp3) is 0.118. The standard InChI is InChI=1S/C17H15BrN2O4/c1-23-17(22)13-4-2-12(3-5-13)10-19-20-16(21)11-24-15-8-6-14(18)7-9-15/h2-10H,11H2,1H3,(H,20,21)/b19-10-. The lowest BCUT2D eigenvalue weighted by Gasteiger charge is -2.04. The molecular weight excluding hydrogens is 376 g/mol. The van der Waals surface area contributed by atoms with E-state index in [1.807, 2.05) is 12.1 Å². The first-order valence-corrected chi connectivity index (χ1v) is 7.76. The number of benzene rings is 2. The molecule has 0 aliphatic heterocycles. The summed E-state index contributed by atoms with van der Waals surface area (Å²) in [6.07, 6.45) is 1.47. The lowest BCUT2D eigenvalue weighted by atomic mass is 10.1. The van der Waals surface area contributed by atoms with Gasteiger partial charge in [0.2, 0.25) is 0 Å². The van der Waals surface area contributed by atoms with Gasteiger partial charge in [-0.3, -0.25) is 4.79 Å². The Balaban J connectivity index is 1.79. The van der Waals surface area contributed by atoms with Gasteiger partial charge in [0.25, 0.3) is 5.91 Å². The predicted molar refractivity (Wildman–Crippen MR) is 93.2 cm³/mol. The van der Waals surface area contributed by atoms with Crippen LogP contribution in [0.15, 0.2) is 58.1 Å². The SMILES string of the molecule is COC(=O)c1ccc(/C=N\NC(=O)COc2ccc(Br)cc2)cc1. The number of nitrogens with one attached hydrogen (secondary N) is 1. The molecule has 2 aromatic rings. The third-order valence-electron chi connectivity index (χ3n) is 2.92. The largest absolute Gasteiger partial charge is 0.484 e. The molecule has 0 spiro atoms. The van der Waals surface area contributed by atoms with Gasteiger partial charge in [-0.2, -0.15) is 5.10 Å². The number of methoxy groups -OCH3 is 1. The molecule has 0 fully saturated rings. The molecule has 24 heavy (non-hydrogen) atoms. The van der Waals surface area contributed by atoms with Crippen molar-refractivity contribution in [1.82, 2.24) is 5.43 Å². The number of hydrazone groups is 1. The van der Waals surface area contributed by atoms with Gasteiger partial charge in [-0.25, -0.2) is 10.2 Å². The summed E-state index contributed by atoms with van der Waals surface area (Å²) in [6.45, 7) is -0.139. The number of halogens is 1. The number of amides is 1. The molecule has 0 aromatic heterocycles. The van der Waals surface area contributed by atoms with Gasteiger partial charge in [-0.15, -0.1) is 0 Å². The van der Waals surface area contributed by atoms with Crippen LogP contribution in [-0.2, 0) is 9.53 Å². The number of esters is 1. The van der Waals surface area contributed by atoms with Gasteiger partial charge in [0, 0.05) is 4.47 Å². The number of nitrogens with zero attached hydrogens (tertiary/aromatic N) is 1. The van der Waals surface area contributed by atoms with Crippen molar-refractivity contribution >= 4 is 34.0 Å². The van der Waals surface area contributed by atoms with E-state index in [4.69, 9.17) is 4.74 Å². The highest BCUT2D eigenvalue weighted by Crippen LogP contribution is 2.15. The molecule has 0 aliphatic carbocycles. The molecule has 0 unspecified atom stereocenters. The van der Waals surface area contributed by atoms with E-state index in [1.165, 1.54) is 13.3 Å². The second-order valence-electron chi connectivity index (χ2n) is 4.65. The number of carbonyl (C=O) groups is 2. The van der Waals surface area contributed by atoms with Gasteiger partial charge in [-0.1, -0.05) is 28.1 Å². The van der Waals surface area contributed by atoms with Gasteiger partial charge in [0.15, 0.2) is 6.61 Å². The Kier molecular flexibility index (Phi) is 6.51. The Morgan fingerprint density at radius 3 is 2.42 bits per heavy atom. The molecule has 0 aliphatic rings. The monoisotopic (exact) mass is 390 g/mol. The summed E-state index contributed by atoms with van der Waals surface area (Å²) in [5.74, 6) is -0.187. The van der Waals surface area contributed by atoms with Crippen LogP contribution in [0.4, 0.5) is 0 Å². The summed E-state index contributed by atoms with van der Waals surface area (Å²) < 4.78 is 10.9. The lowest BCUT2D eigenvalue weighted by molar-refractivity contribution is -0.123. The molecule has 0 heterocycles. The maximum Gasteiger partial charge on any atom is 0.337 e. The Labute approximate surface area is 147 Å². The van der Waals surface area contributed by atoms with Crippen LogP contribution in [0.2, 0.25) is 0 Å². The van der Waals surface area contributed by atoms with Crippen molar-refractivity contribution in [2.24, 2.45) is 5.10 Å². The first-order chi connectivity index (χ1) is 11.6. The molecular formula is C17H15BrN2O4. The highest BCUT2D eigenvalue weighted by atomic mass is 79.9. The van der Waals surface area contributed by atoms with E-state index in [0.29, 0.717) is 11.3 Å². The summed E-state index contributed by atoms with van der Waals surface area (Å²) in [5, 5.41) is 3.83. The molecule has 2 rings (SSSR count). The van der Waals surface area contributed by atoms with Crippen molar-refractivity contribution in [3.63, 3.8) is 0 Å². The van der Waals surface area contributed by atoms with Crippen LogP contribution in [0.3, 0.4) is 0 Å². The van der Waals surface area contributed by atoms with Gasteiger partial charge in [0.1, 0.15) is 5.75 Å². The van der Waals surface area contributed by atoms with Gasteiger partial charge in [0.05, 0.1) is 18.9 Å². The van der Waals surface area contributed by atoms with E-state index in [1.54, 1.807) is 36.4 Å². The van der Waals surface area contributed by atoms with Crippen molar-refractivity contribution in [2.75, 3.05) is 13.7 Å². The summed E-state index contributed by atoms with van der Waals surface area (Å²) >= 11 is 3.32. The van der Waals surface area contributed by atoms with Crippen LogP contribution >= 0.6 is 15.9 Å². The number of rotatable bonds is 6. The van der Waals surface area contributed by atoms with Gasteiger partial charge >= 0.3 is 5.97 Å². The van der Waals surface area contributed by atoms with Gasteiger partial charge < -0.3 is 9.47 Å². The van der Waals surface area contributed by atoms with E-state index >= 15 is 0 Å². The minimum absolute atomic E-state index is 0.139. The average Bonchev–Trinajstić information content (AvgIpc) is 2.61. The van der Waals surface area contributed by atoms with Crippen molar-refractivity contribution in [3.8, 4) is 5.75 Å². The molecule has 0 saturated carbocycles. The zero-order chi connectivity index (χ0) is 17.4. The lowest BCUT2D eigenvalue weighted by Crippen LogP contribution is -2.24. The highest BCUT2D eigenvalue weighted by Gasteiger charge is 2.04. The van der Waals surface area contributed by atoms with Crippen molar-refractivity contribution in [1.29, 1.82) is 0 Å². The van der Waals surface area contributed by atoms with Crippen molar-refractivity contribution < 1.29 is 19.1 Å². The number of ether oxygens (including phenoxy) is 2. The third-order valence-corrected chi connectivity index (χ3v) is 3.45. The molecule has 124 valence electrons. The minimum Gasteiger partial charge on any atom is -0.484 e. The predicted octanol–water partition coefficient (Wildman–Crippen LogP) is 2.76. The van der Waals surface area contributed by atoms with Crippen LogP contribution in [0, 0.1) is 0 Å². The zero-order valence-electron chi connectivity index (χ0n) is 12.9. The van der Waals surface area contributed by atoms with E-state index in [9.17, 15) is 9.59 Å². The van der Waals surface area contributed by atoms with Crippen LogP contribution in [0.1, 0.15) is 15.9 Å². The van der Waals surface area contributed by atoms with Crippen LogP contribution in [-0.4, -0.2) is 31.8 Å². The first-order valence-electron chi connectivity index (χ1n) is 6.97. The Morgan fingerprint density at radius 2 is 1.79 bits per heavy atom. The van der Waals surface area contributed by atoms with Crippen molar-refractivity contribution in [2.45, 2.75) is 0 Å². The Morgan fingerprint density at radius 1 is 1.12 bits per heavy atom. The third kappa shape index (κ3) is 5.51. The second kappa shape index (κ2) is 8.83. The molecule has 6 nitrogen and oxygen atoms in total. The normalized spacial score (nSPS) is 10.4. The Hall–Kier alpha value is -2.67. The summed E-state index contributed by atoms with van der Waals surface area (Å²) in [5.41, 5.74) is 3.54. The average molecular weight is 391 g/mol. The highest BCUT2D eigenvalue weighted by molar-refractivity contribution is 9.10. The zero-order valence-corrected chi connectivity index (χ0v) is 14.4. The summed E-state index contributed by atoms with van der Waals surface area (Å²) in [4.78, 5) is 22.9. The van der Waals surface area contributed by atoms with Crippen LogP contribution in [0.25, 0.3) is 0 Å². The fourth-order valence-corrected chi connectivity index (χ4v) is 1.98. The van der Waals surface area contributed by atoms with E-state index in [2.05, 4.69) is 31.2 Å².